The fraction of sp³-hybridized carbons (Fsp3) is 0.389. The molecule has 0 saturated heterocycles. The molecule has 2 aliphatic rings. The van der Waals surface area contributed by atoms with Crippen LogP contribution in [0.3, 0.4) is 0 Å². The highest BCUT2D eigenvalue weighted by Crippen LogP contribution is 2.43. The normalized spacial score (nSPS) is 19.3. The van der Waals surface area contributed by atoms with Gasteiger partial charge in [0.1, 0.15) is 0 Å². The van der Waals surface area contributed by atoms with Crippen molar-refractivity contribution in [2.45, 2.75) is 33.1 Å². The van der Waals surface area contributed by atoms with Crippen molar-refractivity contribution in [1.82, 2.24) is 0 Å². The molecule has 0 spiro atoms. The second kappa shape index (κ2) is 5.42. The number of allylic oxidation sites excluding steroid dienone is 2. The third-order valence-electron chi connectivity index (χ3n) is 4.17. The number of fused-ring (bicyclic) bond motifs is 1. The summed E-state index contributed by atoms with van der Waals surface area (Å²) in [6, 6.07) is 10.1. The van der Waals surface area contributed by atoms with Gasteiger partial charge in [0, 0.05) is 24.9 Å². The number of carbonyl (C=O) groups is 1. The van der Waals surface area contributed by atoms with E-state index in [1.54, 1.807) is 6.21 Å². The van der Waals surface area contributed by atoms with Gasteiger partial charge in [0.2, 0.25) is 0 Å². The van der Waals surface area contributed by atoms with Crippen molar-refractivity contribution >= 4 is 23.4 Å². The number of anilines is 1. The molecule has 112 valence electrons. The molecule has 0 N–H and O–H groups in total. The maximum atomic E-state index is 12.5. The molecule has 0 unspecified atom stereocenters. The third-order valence-corrected chi connectivity index (χ3v) is 4.17. The smallest absolute Gasteiger partial charge is 0.166 e. The lowest BCUT2D eigenvalue weighted by molar-refractivity contribution is -0.117. The van der Waals surface area contributed by atoms with Crippen molar-refractivity contribution in [2.75, 3.05) is 11.4 Å². The van der Waals surface area contributed by atoms with Gasteiger partial charge in [0.05, 0.1) is 29.4 Å². The lowest BCUT2D eigenvalue weighted by Crippen LogP contribution is -2.34. The second-order valence-electron chi connectivity index (χ2n) is 6.61. The average Bonchev–Trinajstić information content (AvgIpc) is 2.61. The first-order valence-electron chi connectivity index (χ1n) is 7.56. The molecular formula is C18H19N3O. The van der Waals surface area contributed by atoms with Crippen LogP contribution in [0, 0.1) is 16.7 Å². The molecule has 3 rings (SSSR count). The molecule has 1 aliphatic heterocycles. The van der Waals surface area contributed by atoms with E-state index in [9.17, 15) is 4.79 Å². The molecule has 1 aromatic rings. The van der Waals surface area contributed by atoms with E-state index in [0.29, 0.717) is 25.0 Å². The Morgan fingerprint density at radius 1 is 1.32 bits per heavy atom. The van der Waals surface area contributed by atoms with E-state index in [1.165, 1.54) is 0 Å². The van der Waals surface area contributed by atoms with Crippen LogP contribution in [0.15, 0.2) is 40.5 Å². The maximum Gasteiger partial charge on any atom is 0.166 e. The number of rotatable bonds is 2. The van der Waals surface area contributed by atoms with E-state index in [4.69, 9.17) is 5.26 Å². The minimum Gasteiger partial charge on any atom is -0.342 e. The second-order valence-corrected chi connectivity index (χ2v) is 6.61. The minimum absolute atomic E-state index is 0.0616. The predicted octanol–water partition coefficient (Wildman–Crippen LogP) is 3.77. The van der Waals surface area contributed by atoms with Crippen LogP contribution in [-0.2, 0) is 4.79 Å². The van der Waals surface area contributed by atoms with Gasteiger partial charge in [-0.3, -0.25) is 9.79 Å². The number of Topliss-reactive ketones (excluding diaryl/α,β-unsaturated/α-hetero) is 1. The highest BCUT2D eigenvalue weighted by molar-refractivity contribution is 6.16. The molecule has 0 fully saturated rings. The van der Waals surface area contributed by atoms with Gasteiger partial charge in [0.25, 0.3) is 0 Å². The summed E-state index contributed by atoms with van der Waals surface area (Å²) in [5.74, 6) is 0.143. The molecule has 4 heteroatoms. The Hall–Kier alpha value is -2.41. The fourth-order valence-electron chi connectivity index (χ4n) is 3.19. The zero-order chi connectivity index (χ0) is 15.7. The van der Waals surface area contributed by atoms with Crippen molar-refractivity contribution in [1.29, 1.82) is 5.26 Å². The monoisotopic (exact) mass is 293 g/mol. The summed E-state index contributed by atoms with van der Waals surface area (Å²) in [6.07, 6.45) is 3.48. The number of nitrogens with zero attached hydrogens (tertiary/aromatic N) is 3. The van der Waals surface area contributed by atoms with Crippen LogP contribution >= 0.6 is 0 Å². The first-order valence-corrected chi connectivity index (χ1v) is 7.56. The first kappa shape index (κ1) is 14.5. The molecule has 4 nitrogen and oxygen atoms in total. The highest BCUT2D eigenvalue weighted by atomic mass is 16.1. The molecule has 0 aromatic heterocycles. The molecule has 22 heavy (non-hydrogen) atoms. The number of ketones is 1. The van der Waals surface area contributed by atoms with Crippen LogP contribution in [0.1, 0.15) is 33.1 Å². The van der Waals surface area contributed by atoms with Crippen molar-refractivity contribution in [2.24, 2.45) is 10.4 Å². The number of nitriles is 1. The lowest BCUT2D eigenvalue weighted by atomic mass is 9.75. The summed E-state index contributed by atoms with van der Waals surface area (Å²) in [5, 5.41) is 8.97. The Balaban J connectivity index is 2.14. The standard InChI is InChI=1S/C18H19N3O/c1-18(2)10-16-13(17(22)11-18)12-20-14-6-3-4-7-15(14)21(16)9-5-8-19/h3-4,6-7,12H,5,9-11H2,1-2H3. The number of carbonyl (C=O) groups excluding carboxylic acids is 1. The van der Waals surface area contributed by atoms with Crippen LogP contribution in [0.5, 0.6) is 0 Å². The number of para-hydroxylation sites is 2. The lowest BCUT2D eigenvalue weighted by Gasteiger charge is -2.36. The zero-order valence-corrected chi connectivity index (χ0v) is 13.0. The summed E-state index contributed by atoms with van der Waals surface area (Å²) in [7, 11) is 0. The van der Waals surface area contributed by atoms with Crippen molar-refractivity contribution in [3.63, 3.8) is 0 Å². The van der Waals surface area contributed by atoms with Gasteiger partial charge in [0.15, 0.2) is 5.78 Å². The topological polar surface area (TPSA) is 56.5 Å². The van der Waals surface area contributed by atoms with Crippen LogP contribution < -0.4 is 4.90 Å². The van der Waals surface area contributed by atoms with E-state index >= 15 is 0 Å². The molecule has 0 atom stereocenters. The third kappa shape index (κ3) is 2.55. The van der Waals surface area contributed by atoms with Crippen molar-refractivity contribution in [3.05, 3.63) is 35.5 Å². The van der Waals surface area contributed by atoms with Crippen molar-refractivity contribution in [3.8, 4) is 6.07 Å². The summed E-state index contributed by atoms with van der Waals surface area (Å²) in [4.78, 5) is 19.1. The Morgan fingerprint density at radius 2 is 2.09 bits per heavy atom. The van der Waals surface area contributed by atoms with Gasteiger partial charge in [-0.25, -0.2) is 0 Å². The largest absolute Gasteiger partial charge is 0.342 e. The van der Waals surface area contributed by atoms with Gasteiger partial charge >= 0.3 is 0 Å². The molecule has 0 amide bonds. The number of hydrogen-bond acceptors (Lipinski definition) is 4. The van der Waals surface area contributed by atoms with E-state index in [2.05, 4.69) is 29.8 Å². The molecule has 1 heterocycles. The first-order chi connectivity index (χ1) is 10.5. The van der Waals surface area contributed by atoms with Gasteiger partial charge in [-0.1, -0.05) is 26.0 Å². The van der Waals surface area contributed by atoms with Gasteiger partial charge in [-0.15, -0.1) is 0 Å². The Morgan fingerprint density at radius 3 is 2.86 bits per heavy atom. The maximum absolute atomic E-state index is 12.5. The average molecular weight is 293 g/mol. The molecule has 0 radical (unpaired) electrons. The quantitative estimate of drug-likeness (QED) is 0.834. The Bertz CT molecular complexity index is 722. The van der Waals surface area contributed by atoms with Crippen LogP contribution in [0.25, 0.3) is 0 Å². The summed E-state index contributed by atoms with van der Waals surface area (Å²) < 4.78 is 0. The molecule has 1 aliphatic carbocycles. The van der Waals surface area contributed by atoms with Crippen LogP contribution in [0.2, 0.25) is 0 Å². The van der Waals surface area contributed by atoms with E-state index in [1.807, 2.05) is 24.3 Å². The number of aliphatic imine (C=N–C) groups is 1. The minimum atomic E-state index is -0.0616. The van der Waals surface area contributed by atoms with E-state index in [-0.39, 0.29) is 11.2 Å². The van der Waals surface area contributed by atoms with Crippen LogP contribution in [0.4, 0.5) is 11.4 Å². The van der Waals surface area contributed by atoms with Gasteiger partial charge in [-0.2, -0.15) is 5.26 Å². The van der Waals surface area contributed by atoms with Gasteiger partial charge in [-0.05, 0) is 24.0 Å². The summed E-state index contributed by atoms with van der Waals surface area (Å²) in [5.41, 5.74) is 3.47. The highest BCUT2D eigenvalue weighted by Gasteiger charge is 2.36. The number of hydrogen-bond donors (Lipinski definition) is 0. The summed E-state index contributed by atoms with van der Waals surface area (Å²) >= 11 is 0. The SMILES string of the molecule is CC1(C)CC(=O)C2=C(C1)N(CCC#N)c1ccccc1N=C2. The number of benzene rings is 1. The molecular weight excluding hydrogens is 274 g/mol. The van der Waals surface area contributed by atoms with Crippen LogP contribution in [-0.4, -0.2) is 18.5 Å². The zero-order valence-electron chi connectivity index (χ0n) is 13.0. The van der Waals surface area contributed by atoms with E-state index < -0.39 is 0 Å². The molecule has 0 saturated carbocycles. The molecule has 1 aromatic carbocycles. The Kier molecular flexibility index (Phi) is 3.58. The fourth-order valence-corrected chi connectivity index (χ4v) is 3.19. The predicted molar refractivity (Wildman–Crippen MR) is 87.2 cm³/mol. The van der Waals surface area contributed by atoms with E-state index in [0.717, 1.165) is 23.5 Å². The van der Waals surface area contributed by atoms with Gasteiger partial charge < -0.3 is 4.90 Å². The Labute approximate surface area is 130 Å². The molecule has 0 bridgehead atoms. The summed E-state index contributed by atoms with van der Waals surface area (Å²) in [6.45, 7) is 4.81. The van der Waals surface area contributed by atoms with Crippen molar-refractivity contribution < 1.29 is 4.79 Å².